The number of nitrogen functional groups attached to an aromatic ring is 1. The molecule has 2 aliphatic rings. The summed E-state index contributed by atoms with van der Waals surface area (Å²) in [6, 6.07) is 5.44. The zero-order valence-electron chi connectivity index (χ0n) is 30.9. The summed E-state index contributed by atoms with van der Waals surface area (Å²) in [4.78, 5) is 79.7. The second-order valence-electron chi connectivity index (χ2n) is 14.1. The number of nitrogens with zero attached hydrogens (tertiary/aromatic N) is 3. The quantitative estimate of drug-likeness (QED) is 0.0681. The second kappa shape index (κ2) is 16.8. The number of fused-ring (bicyclic) bond motifs is 2. The first kappa shape index (κ1) is 44.3. The molecule has 22 nitrogen and oxygen atoms in total. The van der Waals surface area contributed by atoms with Gasteiger partial charge in [0.2, 0.25) is 5.91 Å². The standard InChI is InChI=1S/C32H42N5O17P3/c1-17-11-26(39)51-23-13-22-20(12-21(17)23)18(2)14-32(3,4)37(22)10-6-8-25(38)34-9-5-7-19-15-36(31(42)35-29(19)33)30-28(41)27(40)24(52-30)16-50-56(46,47)54-57(48,49)53-55(43,44)45/h11-13,15,18,24,27-28,30,40-41H,6,8-10,14,16H2,1-4H3,(H,34,38)(H,46,47)(H,48,49)(H2,33,35,42)(H2,43,44,45)/t18?,24-,27-,28-,30-/m1/s1. The van der Waals surface area contributed by atoms with Gasteiger partial charge in [0.25, 0.3) is 0 Å². The summed E-state index contributed by atoms with van der Waals surface area (Å²) in [5.41, 5.74) is 7.51. The van der Waals surface area contributed by atoms with Crippen molar-refractivity contribution in [1.29, 1.82) is 0 Å². The van der Waals surface area contributed by atoms with Crippen molar-refractivity contribution in [3.8, 4) is 11.8 Å². The average Bonchev–Trinajstić information content (AvgIpc) is 3.34. The highest BCUT2D eigenvalue weighted by Gasteiger charge is 2.47. The maximum atomic E-state index is 12.8. The van der Waals surface area contributed by atoms with Crippen LogP contribution in [0.1, 0.15) is 68.9 Å². The molecule has 1 aromatic carbocycles. The maximum absolute atomic E-state index is 12.8. The number of benzene rings is 1. The molecule has 0 aliphatic carbocycles. The lowest BCUT2D eigenvalue weighted by atomic mass is 9.79. The molecule has 0 bridgehead atoms. The highest BCUT2D eigenvalue weighted by molar-refractivity contribution is 7.66. The topological polar surface area (TPSA) is 333 Å². The minimum Gasteiger partial charge on any atom is -0.423 e. The number of phosphoric acid groups is 3. The first-order chi connectivity index (χ1) is 26.4. The first-order valence-electron chi connectivity index (χ1n) is 17.2. The van der Waals surface area contributed by atoms with Crippen LogP contribution in [0.4, 0.5) is 11.5 Å². The van der Waals surface area contributed by atoms with Gasteiger partial charge in [0.15, 0.2) is 6.23 Å². The summed E-state index contributed by atoms with van der Waals surface area (Å²) in [6.07, 6.45) is -4.53. The molecule has 2 aliphatic heterocycles. The lowest BCUT2D eigenvalue weighted by molar-refractivity contribution is -0.120. The molecule has 57 heavy (non-hydrogen) atoms. The number of aliphatic hydroxyl groups is 2. The molecule has 9 N–H and O–H groups in total. The normalized spacial score (nSPS) is 23.9. The van der Waals surface area contributed by atoms with E-state index in [2.05, 4.69) is 67.0 Å². The largest absolute Gasteiger partial charge is 0.490 e. The van der Waals surface area contributed by atoms with Crippen molar-refractivity contribution in [2.45, 2.75) is 83.0 Å². The molecule has 1 amide bonds. The predicted molar refractivity (Wildman–Crippen MR) is 199 cm³/mol. The second-order valence-corrected chi connectivity index (χ2v) is 18.5. The number of phosphoric ester groups is 1. The molecular formula is C32H42N5O17P3. The number of rotatable bonds is 13. The van der Waals surface area contributed by atoms with E-state index in [4.69, 9.17) is 24.7 Å². The highest BCUT2D eigenvalue weighted by atomic mass is 31.3. The number of nitrogens with one attached hydrogen (secondary N) is 1. The van der Waals surface area contributed by atoms with Gasteiger partial charge in [0.1, 0.15) is 29.7 Å². The van der Waals surface area contributed by atoms with Crippen LogP contribution in [-0.2, 0) is 36.4 Å². The van der Waals surface area contributed by atoms with Crippen LogP contribution in [0.5, 0.6) is 0 Å². The van der Waals surface area contributed by atoms with Crippen molar-refractivity contribution in [3.05, 3.63) is 62.0 Å². The van der Waals surface area contributed by atoms with Gasteiger partial charge in [-0.2, -0.15) is 13.6 Å². The molecule has 0 spiro atoms. The zero-order chi connectivity index (χ0) is 42.2. The molecule has 7 atom stereocenters. The van der Waals surface area contributed by atoms with Gasteiger partial charge in [0, 0.05) is 47.9 Å². The fourth-order valence-corrected chi connectivity index (χ4v) is 9.84. The SMILES string of the molecule is Cc1cc(=O)oc2cc3c(cc12)C(C)CC(C)(C)N3CCCC(=O)NCC#Cc1cn([C@@H]2O[C@H](COP(=O)(O)OP(=O)(O)OP(=O)(O)O)[C@@H](O)[C@H]2O)c(=O)nc1N. The number of carbonyl (C=O) groups is 1. The number of anilines is 2. The minimum absolute atomic E-state index is 0.0374. The van der Waals surface area contributed by atoms with Gasteiger partial charge in [-0.15, -0.1) is 0 Å². The molecule has 3 aromatic rings. The zero-order valence-corrected chi connectivity index (χ0v) is 33.6. The van der Waals surface area contributed by atoms with Crippen molar-refractivity contribution >= 4 is 51.8 Å². The van der Waals surface area contributed by atoms with E-state index in [0.717, 1.165) is 39.4 Å². The van der Waals surface area contributed by atoms with Crippen LogP contribution in [0.2, 0.25) is 0 Å². The van der Waals surface area contributed by atoms with Crippen molar-refractivity contribution in [1.82, 2.24) is 14.9 Å². The van der Waals surface area contributed by atoms with Crippen LogP contribution in [0.25, 0.3) is 11.0 Å². The van der Waals surface area contributed by atoms with Gasteiger partial charge in [0.05, 0.1) is 18.7 Å². The molecule has 312 valence electrons. The number of amides is 1. The third-order valence-electron chi connectivity index (χ3n) is 9.25. The number of aryl methyl sites for hydroxylation is 1. The van der Waals surface area contributed by atoms with E-state index in [9.17, 15) is 48.1 Å². The number of hydrogen-bond acceptors (Lipinski definition) is 16. The Kier molecular flexibility index (Phi) is 13.1. The predicted octanol–water partition coefficient (Wildman–Crippen LogP) is 1.24. The van der Waals surface area contributed by atoms with Crippen LogP contribution >= 0.6 is 23.5 Å². The van der Waals surface area contributed by atoms with E-state index in [0.29, 0.717) is 18.5 Å². The lowest BCUT2D eigenvalue weighted by Crippen LogP contribution is -2.49. The van der Waals surface area contributed by atoms with Crippen LogP contribution in [0.3, 0.4) is 0 Å². The Morgan fingerprint density at radius 2 is 1.79 bits per heavy atom. The summed E-state index contributed by atoms with van der Waals surface area (Å²) in [5, 5.41) is 24.6. The minimum atomic E-state index is -5.82. The Hall–Kier alpha value is -3.77. The average molecular weight is 862 g/mol. The van der Waals surface area contributed by atoms with E-state index in [1.807, 2.05) is 13.0 Å². The third kappa shape index (κ3) is 10.8. The molecule has 0 radical (unpaired) electrons. The summed E-state index contributed by atoms with van der Waals surface area (Å²) in [5.74, 6) is 5.00. The summed E-state index contributed by atoms with van der Waals surface area (Å²) in [7, 11) is -17.1. The van der Waals surface area contributed by atoms with Crippen LogP contribution in [-0.4, -0.2) is 88.8 Å². The Morgan fingerprint density at radius 3 is 2.47 bits per heavy atom. The van der Waals surface area contributed by atoms with Crippen LogP contribution in [0.15, 0.2) is 38.4 Å². The molecular weight excluding hydrogens is 819 g/mol. The molecule has 3 unspecified atom stereocenters. The summed E-state index contributed by atoms with van der Waals surface area (Å²) >= 11 is 0. The van der Waals surface area contributed by atoms with Crippen molar-refractivity contribution in [2.75, 3.05) is 30.3 Å². The summed E-state index contributed by atoms with van der Waals surface area (Å²) in [6.45, 7) is 7.59. The Labute approximate surface area is 324 Å². The van der Waals surface area contributed by atoms with E-state index in [-0.39, 0.29) is 41.7 Å². The van der Waals surface area contributed by atoms with Gasteiger partial charge >= 0.3 is 34.8 Å². The molecule has 2 aromatic heterocycles. The molecule has 1 fully saturated rings. The van der Waals surface area contributed by atoms with Gasteiger partial charge in [-0.3, -0.25) is 13.9 Å². The number of hydrogen-bond donors (Lipinski definition) is 8. The fraction of sp³-hybridized carbons (Fsp3) is 0.500. The van der Waals surface area contributed by atoms with Gasteiger partial charge < -0.3 is 54.9 Å². The van der Waals surface area contributed by atoms with Gasteiger partial charge in [-0.05, 0) is 56.7 Å². The number of ether oxygens (including phenoxy) is 1. The van der Waals surface area contributed by atoms with Gasteiger partial charge in [-0.25, -0.2) is 23.3 Å². The molecule has 1 saturated heterocycles. The number of aliphatic hydroxyl groups excluding tert-OH is 2. The Balaban J connectivity index is 1.18. The van der Waals surface area contributed by atoms with E-state index in [1.54, 1.807) is 0 Å². The van der Waals surface area contributed by atoms with Gasteiger partial charge in [-0.1, -0.05) is 18.8 Å². The molecule has 4 heterocycles. The first-order valence-corrected chi connectivity index (χ1v) is 21.7. The molecule has 5 rings (SSSR count). The van der Waals surface area contributed by atoms with E-state index < -0.39 is 65.9 Å². The number of aromatic nitrogens is 2. The van der Waals surface area contributed by atoms with Crippen LogP contribution < -0.4 is 27.3 Å². The smallest absolute Gasteiger partial charge is 0.423 e. The van der Waals surface area contributed by atoms with E-state index >= 15 is 0 Å². The number of nitrogens with two attached hydrogens (primary N) is 1. The van der Waals surface area contributed by atoms with Crippen LogP contribution in [0, 0.1) is 18.8 Å². The molecule has 0 saturated carbocycles. The van der Waals surface area contributed by atoms with Crippen molar-refractivity contribution < 1.29 is 70.6 Å². The van der Waals surface area contributed by atoms with E-state index in [1.165, 1.54) is 6.07 Å². The van der Waals surface area contributed by atoms with Crippen molar-refractivity contribution in [3.63, 3.8) is 0 Å². The fourth-order valence-electron chi connectivity index (χ4n) is 6.81. The lowest BCUT2D eigenvalue weighted by Gasteiger charge is -2.47. The third-order valence-corrected chi connectivity index (χ3v) is 13.1. The number of carbonyl (C=O) groups excluding carboxylic acids is 1. The maximum Gasteiger partial charge on any atom is 0.490 e. The summed E-state index contributed by atoms with van der Waals surface area (Å²) < 4.78 is 57.8. The Morgan fingerprint density at radius 1 is 1.09 bits per heavy atom. The Bertz CT molecular complexity index is 2370. The van der Waals surface area contributed by atoms with Crippen molar-refractivity contribution in [2.24, 2.45) is 0 Å². The monoisotopic (exact) mass is 861 g/mol. The highest BCUT2D eigenvalue weighted by Crippen LogP contribution is 2.66. The molecule has 25 heteroatoms.